The number of fused-ring (bicyclic) bond motifs is 1. The standard InChI is InChI=1S/C17H33NO/c1-11(2)14(12(3)4)10-18-15-13-8-7-9-19-16(13)17(15,5)6/h11-16,18H,7-10H2,1-6H3. The van der Waals surface area contributed by atoms with Gasteiger partial charge in [0.1, 0.15) is 0 Å². The summed E-state index contributed by atoms with van der Waals surface area (Å²) in [6.07, 6.45) is 3.09. The van der Waals surface area contributed by atoms with Crippen LogP contribution in [-0.4, -0.2) is 25.3 Å². The van der Waals surface area contributed by atoms with Crippen molar-refractivity contribution in [1.82, 2.24) is 5.32 Å². The molecular formula is C17H33NO. The Hall–Kier alpha value is -0.0800. The number of hydrogen-bond acceptors (Lipinski definition) is 2. The van der Waals surface area contributed by atoms with Crippen LogP contribution in [-0.2, 0) is 4.74 Å². The molecule has 0 aromatic heterocycles. The number of ether oxygens (including phenoxy) is 1. The van der Waals surface area contributed by atoms with Gasteiger partial charge in [0.25, 0.3) is 0 Å². The summed E-state index contributed by atoms with van der Waals surface area (Å²) < 4.78 is 5.98. The maximum absolute atomic E-state index is 5.98. The molecule has 0 bridgehead atoms. The van der Waals surface area contributed by atoms with Gasteiger partial charge in [0.15, 0.2) is 0 Å². The highest BCUT2D eigenvalue weighted by Gasteiger charge is 2.57. The molecule has 2 aliphatic rings. The topological polar surface area (TPSA) is 21.3 Å². The number of nitrogens with one attached hydrogen (secondary N) is 1. The van der Waals surface area contributed by atoms with Gasteiger partial charge in [0.2, 0.25) is 0 Å². The molecule has 1 saturated carbocycles. The first-order valence-electron chi connectivity index (χ1n) is 8.20. The van der Waals surface area contributed by atoms with E-state index in [4.69, 9.17) is 4.74 Å². The van der Waals surface area contributed by atoms with Crippen molar-refractivity contribution in [3.05, 3.63) is 0 Å². The maximum Gasteiger partial charge on any atom is 0.0684 e. The minimum absolute atomic E-state index is 0.309. The zero-order valence-corrected chi connectivity index (χ0v) is 13.7. The first-order valence-corrected chi connectivity index (χ1v) is 8.20. The van der Waals surface area contributed by atoms with E-state index in [2.05, 4.69) is 46.9 Å². The van der Waals surface area contributed by atoms with E-state index in [9.17, 15) is 0 Å². The van der Waals surface area contributed by atoms with E-state index in [1.54, 1.807) is 0 Å². The molecule has 0 spiro atoms. The molecule has 19 heavy (non-hydrogen) atoms. The lowest BCUT2D eigenvalue weighted by molar-refractivity contribution is -0.193. The summed E-state index contributed by atoms with van der Waals surface area (Å²) in [5.41, 5.74) is 0.309. The van der Waals surface area contributed by atoms with Gasteiger partial charge < -0.3 is 10.1 Å². The zero-order chi connectivity index (χ0) is 14.2. The third-order valence-corrected chi connectivity index (χ3v) is 5.62. The fourth-order valence-electron chi connectivity index (χ4n) is 4.44. The molecule has 1 N–H and O–H groups in total. The second-order valence-corrected chi connectivity index (χ2v) is 7.96. The van der Waals surface area contributed by atoms with Crippen LogP contribution in [0.5, 0.6) is 0 Å². The van der Waals surface area contributed by atoms with Crippen molar-refractivity contribution in [1.29, 1.82) is 0 Å². The predicted octanol–water partition coefficient (Wildman–Crippen LogP) is 3.71. The summed E-state index contributed by atoms with van der Waals surface area (Å²) in [6.45, 7) is 16.3. The van der Waals surface area contributed by atoms with Gasteiger partial charge in [-0.05, 0) is 37.1 Å². The van der Waals surface area contributed by atoms with Crippen molar-refractivity contribution in [2.24, 2.45) is 29.1 Å². The molecule has 2 rings (SSSR count). The van der Waals surface area contributed by atoms with Crippen LogP contribution >= 0.6 is 0 Å². The average Bonchev–Trinajstić information content (AvgIpc) is 2.33. The van der Waals surface area contributed by atoms with Crippen LogP contribution in [0.4, 0.5) is 0 Å². The minimum atomic E-state index is 0.309. The first-order chi connectivity index (χ1) is 8.85. The van der Waals surface area contributed by atoms with Crippen molar-refractivity contribution in [3.63, 3.8) is 0 Å². The third-order valence-electron chi connectivity index (χ3n) is 5.62. The molecule has 0 aromatic carbocycles. The summed E-state index contributed by atoms with van der Waals surface area (Å²) in [6, 6.07) is 0.651. The lowest BCUT2D eigenvalue weighted by atomic mass is 9.55. The fourth-order valence-corrected chi connectivity index (χ4v) is 4.44. The summed E-state index contributed by atoms with van der Waals surface area (Å²) in [7, 11) is 0. The van der Waals surface area contributed by atoms with Crippen LogP contribution in [0.2, 0.25) is 0 Å². The Morgan fingerprint density at radius 2 is 1.79 bits per heavy atom. The van der Waals surface area contributed by atoms with Crippen LogP contribution < -0.4 is 5.32 Å². The quantitative estimate of drug-likeness (QED) is 0.820. The van der Waals surface area contributed by atoms with Gasteiger partial charge in [-0.25, -0.2) is 0 Å². The molecular weight excluding hydrogens is 234 g/mol. The lowest BCUT2D eigenvalue weighted by Gasteiger charge is -2.60. The molecule has 1 aliphatic carbocycles. The Morgan fingerprint density at radius 1 is 1.16 bits per heavy atom. The number of hydrogen-bond donors (Lipinski definition) is 1. The largest absolute Gasteiger partial charge is 0.377 e. The van der Waals surface area contributed by atoms with Crippen molar-refractivity contribution in [2.45, 2.75) is 66.5 Å². The van der Waals surface area contributed by atoms with Gasteiger partial charge in [-0.2, -0.15) is 0 Å². The molecule has 112 valence electrons. The van der Waals surface area contributed by atoms with Crippen molar-refractivity contribution < 1.29 is 4.74 Å². The summed E-state index contributed by atoms with van der Waals surface area (Å²) in [5, 5.41) is 3.89. The normalized spacial score (nSPS) is 33.6. The molecule has 0 radical (unpaired) electrons. The van der Waals surface area contributed by atoms with E-state index < -0.39 is 0 Å². The predicted molar refractivity (Wildman–Crippen MR) is 81.2 cm³/mol. The monoisotopic (exact) mass is 267 g/mol. The molecule has 1 aliphatic heterocycles. The van der Waals surface area contributed by atoms with Crippen molar-refractivity contribution in [3.8, 4) is 0 Å². The maximum atomic E-state index is 5.98. The van der Waals surface area contributed by atoms with Gasteiger partial charge in [-0.1, -0.05) is 41.5 Å². The van der Waals surface area contributed by atoms with Gasteiger partial charge in [-0.15, -0.1) is 0 Å². The van der Waals surface area contributed by atoms with Crippen molar-refractivity contribution in [2.75, 3.05) is 13.2 Å². The SMILES string of the molecule is CC(C)C(CNC1C2CCCOC2C1(C)C)C(C)C. The van der Waals surface area contributed by atoms with E-state index in [0.717, 1.165) is 36.8 Å². The molecule has 3 atom stereocenters. The Labute approximate surface area is 119 Å². The molecule has 1 heterocycles. The molecule has 0 aromatic rings. The van der Waals surface area contributed by atoms with Crippen molar-refractivity contribution >= 4 is 0 Å². The van der Waals surface area contributed by atoms with E-state index in [1.165, 1.54) is 12.8 Å². The highest BCUT2D eigenvalue weighted by atomic mass is 16.5. The third kappa shape index (κ3) is 2.85. The highest BCUT2D eigenvalue weighted by molar-refractivity contribution is 5.10. The van der Waals surface area contributed by atoms with E-state index in [1.807, 2.05) is 0 Å². The van der Waals surface area contributed by atoms with Crippen LogP contribution in [0, 0.1) is 29.1 Å². The molecule has 0 amide bonds. The van der Waals surface area contributed by atoms with Crippen LogP contribution in [0.3, 0.4) is 0 Å². The highest BCUT2D eigenvalue weighted by Crippen LogP contribution is 2.51. The van der Waals surface area contributed by atoms with Crippen LogP contribution in [0.15, 0.2) is 0 Å². The Bertz CT molecular complexity index is 290. The first kappa shape index (κ1) is 15.3. The second-order valence-electron chi connectivity index (χ2n) is 7.96. The van der Waals surface area contributed by atoms with Gasteiger partial charge in [0.05, 0.1) is 6.10 Å². The Kier molecular flexibility index (Phi) is 4.62. The summed E-state index contributed by atoms with van der Waals surface area (Å²) in [4.78, 5) is 0. The van der Waals surface area contributed by atoms with E-state index in [0.29, 0.717) is 17.6 Å². The molecule has 3 unspecified atom stereocenters. The van der Waals surface area contributed by atoms with Gasteiger partial charge >= 0.3 is 0 Å². The Morgan fingerprint density at radius 3 is 2.37 bits per heavy atom. The second kappa shape index (κ2) is 5.73. The van der Waals surface area contributed by atoms with Crippen LogP contribution in [0.25, 0.3) is 0 Å². The van der Waals surface area contributed by atoms with E-state index in [-0.39, 0.29) is 0 Å². The zero-order valence-electron chi connectivity index (χ0n) is 13.7. The smallest absolute Gasteiger partial charge is 0.0684 e. The molecule has 1 saturated heterocycles. The molecule has 2 fully saturated rings. The Balaban J connectivity index is 1.92. The lowest BCUT2D eigenvalue weighted by Crippen LogP contribution is -2.69. The van der Waals surface area contributed by atoms with Gasteiger partial charge in [0, 0.05) is 24.0 Å². The summed E-state index contributed by atoms with van der Waals surface area (Å²) >= 11 is 0. The minimum Gasteiger partial charge on any atom is -0.377 e. The summed E-state index contributed by atoms with van der Waals surface area (Å²) in [5.74, 6) is 3.05. The molecule has 2 heteroatoms. The van der Waals surface area contributed by atoms with E-state index >= 15 is 0 Å². The fraction of sp³-hybridized carbons (Fsp3) is 1.00. The molecule has 2 nitrogen and oxygen atoms in total. The van der Waals surface area contributed by atoms with Crippen LogP contribution in [0.1, 0.15) is 54.4 Å². The van der Waals surface area contributed by atoms with Gasteiger partial charge in [-0.3, -0.25) is 0 Å². The average molecular weight is 267 g/mol. The number of rotatable bonds is 5.